The molecule has 1 fully saturated rings. The molecule has 1 aromatic heterocycles. The molecule has 0 bridgehead atoms. The van der Waals surface area contributed by atoms with E-state index in [9.17, 15) is 13.6 Å². The van der Waals surface area contributed by atoms with Gasteiger partial charge in [-0.2, -0.15) is 4.98 Å². The van der Waals surface area contributed by atoms with Gasteiger partial charge >= 0.3 is 0 Å². The van der Waals surface area contributed by atoms with E-state index in [4.69, 9.17) is 16.3 Å². The van der Waals surface area contributed by atoms with Crippen LogP contribution in [0.4, 0.5) is 26.2 Å². The first-order valence-corrected chi connectivity index (χ1v) is 13.7. The molecule has 3 aromatic rings. The van der Waals surface area contributed by atoms with Gasteiger partial charge in [-0.05, 0) is 69.1 Å². The molecule has 0 atom stereocenters. The molecule has 1 amide bonds. The molecule has 3 N–H and O–H groups in total. The molecule has 5 rings (SSSR count). The standard InChI is InChI=1S/C29H33ClF2N6O2/c1-29(31,32)22-16-33-28(37-26(22)34-20-12-17-6-4-5-7-18(17)13-20)36-24-15-23(30)21(14-25(24)40-3)27(39)35-19-8-10-38(2)11-9-19/h4-7,14-16,19-20H,8-13H2,1-3H3,(H,35,39)(H2,33,34,36,37). The molecule has 0 saturated carbocycles. The van der Waals surface area contributed by atoms with Crippen LogP contribution >= 0.6 is 11.6 Å². The summed E-state index contributed by atoms with van der Waals surface area (Å²) in [7, 11) is 3.53. The Morgan fingerprint density at radius 1 is 1.12 bits per heavy atom. The fourth-order valence-electron chi connectivity index (χ4n) is 5.26. The number of carbonyl (C=O) groups excluding carboxylic acids is 1. The number of rotatable bonds is 8. The van der Waals surface area contributed by atoms with E-state index in [1.54, 1.807) is 12.1 Å². The topological polar surface area (TPSA) is 91.4 Å². The second-order valence-electron chi connectivity index (χ2n) is 10.6. The zero-order valence-electron chi connectivity index (χ0n) is 22.7. The van der Waals surface area contributed by atoms with E-state index in [0.29, 0.717) is 24.3 Å². The Labute approximate surface area is 237 Å². The Hall–Kier alpha value is -3.50. The number of methoxy groups -OCH3 is 1. The van der Waals surface area contributed by atoms with E-state index in [-0.39, 0.29) is 45.9 Å². The number of anilines is 3. The van der Waals surface area contributed by atoms with Crippen LogP contribution in [0, 0.1) is 0 Å². The van der Waals surface area contributed by atoms with Gasteiger partial charge in [0.15, 0.2) is 0 Å². The molecule has 8 nitrogen and oxygen atoms in total. The van der Waals surface area contributed by atoms with Crippen LogP contribution in [0.25, 0.3) is 0 Å². The molecule has 2 aromatic carbocycles. The summed E-state index contributed by atoms with van der Waals surface area (Å²) in [6, 6.07) is 11.1. The predicted molar refractivity (Wildman–Crippen MR) is 152 cm³/mol. The van der Waals surface area contributed by atoms with Crippen LogP contribution in [0.2, 0.25) is 5.02 Å². The average Bonchev–Trinajstić information content (AvgIpc) is 3.32. The van der Waals surface area contributed by atoms with Crippen LogP contribution < -0.4 is 20.7 Å². The largest absolute Gasteiger partial charge is 0.495 e. The zero-order chi connectivity index (χ0) is 28.4. The Balaban J connectivity index is 1.36. The van der Waals surface area contributed by atoms with Crippen molar-refractivity contribution in [3.8, 4) is 5.75 Å². The summed E-state index contributed by atoms with van der Waals surface area (Å²) in [4.78, 5) is 23.8. The summed E-state index contributed by atoms with van der Waals surface area (Å²) in [6.07, 6.45) is 4.27. The van der Waals surface area contributed by atoms with Crippen molar-refractivity contribution in [1.82, 2.24) is 20.2 Å². The summed E-state index contributed by atoms with van der Waals surface area (Å²) < 4.78 is 34.5. The SMILES string of the molecule is COc1cc(C(=O)NC2CCN(C)CC2)c(Cl)cc1Nc1ncc(C(C)(F)F)c(NC2Cc3ccccc3C2)n1. The average molecular weight is 571 g/mol. The monoisotopic (exact) mass is 570 g/mol. The lowest BCUT2D eigenvalue weighted by atomic mass is 10.0. The van der Waals surface area contributed by atoms with Gasteiger partial charge in [0.25, 0.3) is 11.8 Å². The predicted octanol–water partition coefficient (Wildman–Crippen LogP) is 5.40. The van der Waals surface area contributed by atoms with Crippen LogP contribution in [-0.4, -0.2) is 60.1 Å². The number of nitrogens with one attached hydrogen (secondary N) is 3. The highest BCUT2D eigenvalue weighted by molar-refractivity contribution is 6.34. The first kappa shape index (κ1) is 28.0. The minimum atomic E-state index is -3.14. The molecule has 0 radical (unpaired) electrons. The molecule has 2 aliphatic rings. The molecule has 11 heteroatoms. The summed E-state index contributed by atoms with van der Waals surface area (Å²) in [6.45, 7) is 2.65. The summed E-state index contributed by atoms with van der Waals surface area (Å²) >= 11 is 6.52. The lowest BCUT2D eigenvalue weighted by Crippen LogP contribution is -2.43. The van der Waals surface area contributed by atoms with Crippen molar-refractivity contribution in [2.24, 2.45) is 0 Å². The quantitative estimate of drug-likeness (QED) is 0.334. The fourth-order valence-corrected chi connectivity index (χ4v) is 5.51. The van der Waals surface area contributed by atoms with Crippen LogP contribution in [0.3, 0.4) is 0 Å². The molecule has 40 heavy (non-hydrogen) atoms. The molecule has 0 unspecified atom stereocenters. The van der Waals surface area contributed by atoms with Gasteiger partial charge < -0.3 is 25.6 Å². The van der Waals surface area contributed by atoms with E-state index in [0.717, 1.165) is 39.1 Å². The number of alkyl halides is 2. The van der Waals surface area contributed by atoms with Crippen molar-refractivity contribution in [3.63, 3.8) is 0 Å². The van der Waals surface area contributed by atoms with E-state index in [2.05, 4.69) is 37.9 Å². The van der Waals surface area contributed by atoms with Gasteiger partial charge in [-0.3, -0.25) is 4.79 Å². The van der Waals surface area contributed by atoms with Crippen molar-refractivity contribution in [3.05, 3.63) is 69.9 Å². The van der Waals surface area contributed by atoms with Gasteiger partial charge in [0.05, 0.1) is 28.9 Å². The maximum absolute atomic E-state index is 14.5. The highest BCUT2D eigenvalue weighted by Crippen LogP contribution is 2.36. The smallest absolute Gasteiger partial charge is 0.275 e. The summed E-state index contributed by atoms with van der Waals surface area (Å²) in [5.74, 6) is -2.94. The zero-order valence-corrected chi connectivity index (χ0v) is 23.5. The number of halogens is 3. The van der Waals surface area contributed by atoms with Gasteiger partial charge in [-0.25, -0.2) is 13.8 Å². The second kappa shape index (κ2) is 11.5. The number of piperidine rings is 1. The first-order valence-electron chi connectivity index (χ1n) is 13.3. The molecule has 1 aliphatic carbocycles. The Kier molecular flexibility index (Phi) is 8.09. The third kappa shape index (κ3) is 6.28. The van der Waals surface area contributed by atoms with Crippen LogP contribution in [0.15, 0.2) is 42.6 Å². The molecule has 0 spiro atoms. The molecule has 212 valence electrons. The van der Waals surface area contributed by atoms with Gasteiger partial charge in [-0.15, -0.1) is 0 Å². The van der Waals surface area contributed by atoms with Crippen molar-refractivity contribution < 1.29 is 18.3 Å². The van der Waals surface area contributed by atoms with Gasteiger partial charge in [-0.1, -0.05) is 35.9 Å². The Morgan fingerprint density at radius 2 is 1.80 bits per heavy atom. The van der Waals surface area contributed by atoms with Gasteiger partial charge in [0, 0.05) is 25.2 Å². The van der Waals surface area contributed by atoms with Crippen molar-refractivity contribution >= 4 is 35.0 Å². The molecule has 1 aliphatic heterocycles. The Morgan fingerprint density at radius 3 is 2.42 bits per heavy atom. The van der Waals surface area contributed by atoms with Gasteiger partial charge in [0.1, 0.15) is 11.6 Å². The maximum Gasteiger partial charge on any atom is 0.275 e. The maximum atomic E-state index is 14.5. The number of amides is 1. The fraction of sp³-hybridized carbons (Fsp3) is 0.414. The van der Waals surface area contributed by atoms with Gasteiger partial charge in [0.2, 0.25) is 5.95 Å². The lowest BCUT2D eigenvalue weighted by molar-refractivity contribution is 0.0175. The number of fused-ring (bicyclic) bond motifs is 1. The first-order chi connectivity index (χ1) is 19.1. The number of benzene rings is 2. The third-order valence-corrected chi connectivity index (χ3v) is 7.80. The molecule has 2 heterocycles. The number of carbonyl (C=O) groups is 1. The third-order valence-electron chi connectivity index (χ3n) is 7.49. The second-order valence-corrected chi connectivity index (χ2v) is 11.0. The number of likely N-dealkylation sites (tertiary alicyclic amines) is 1. The number of ether oxygens (including phenoxy) is 1. The number of aromatic nitrogens is 2. The number of hydrogen-bond donors (Lipinski definition) is 3. The van der Waals surface area contributed by atoms with E-state index >= 15 is 0 Å². The number of nitrogens with zero attached hydrogens (tertiary/aromatic N) is 3. The van der Waals surface area contributed by atoms with Crippen LogP contribution in [-0.2, 0) is 18.8 Å². The minimum Gasteiger partial charge on any atom is -0.495 e. The van der Waals surface area contributed by atoms with Crippen molar-refractivity contribution in [1.29, 1.82) is 0 Å². The lowest BCUT2D eigenvalue weighted by Gasteiger charge is -2.29. The highest BCUT2D eigenvalue weighted by Gasteiger charge is 2.32. The van der Waals surface area contributed by atoms with E-state index in [1.807, 2.05) is 24.3 Å². The normalized spacial score (nSPS) is 16.4. The molecular weight excluding hydrogens is 538 g/mol. The van der Waals surface area contributed by atoms with E-state index < -0.39 is 5.92 Å². The van der Waals surface area contributed by atoms with Crippen molar-refractivity contribution in [2.75, 3.05) is 37.9 Å². The number of hydrogen-bond acceptors (Lipinski definition) is 7. The van der Waals surface area contributed by atoms with E-state index in [1.165, 1.54) is 18.2 Å². The van der Waals surface area contributed by atoms with Crippen LogP contribution in [0.1, 0.15) is 46.8 Å². The van der Waals surface area contributed by atoms with Crippen molar-refractivity contribution in [2.45, 2.75) is 50.6 Å². The summed E-state index contributed by atoms with van der Waals surface area (Å²) in [5.41, 5.74) is 2.78. The summed E-state index contributed by atoms with van der Waals surface area (Å²) in [5, 5.41) is 9.51. The van der Waals surface area contributed by atoms with Crippen LogP contribution in [0.5, 0.6) is 5.75 Å². The highest BCUT2D eigenvalue weighted by atomic mass is 35.5. The Bertz CT molecular complexity index is 1370. The molecular formula is C29H33ClF2N6O2. The molecule has 1 saturated heterocycles. The minimum absolute atomic E-state index is 0.0574.